The lowest BCUT2D eigenvalue weighted by Gasteiger charge is -2.31. The van der Waals surface area contributed by atoms with Crippen LogP contribution in [0.3, 0.4) is 0 Å². The molecule has 24 heavy (non-hydrogen) atoms. The van der Waals surface area contributed by atoms with Gasteiger partial charge in [-0.3, -0.25) is 4.79 Å². The van der Waals surface area contributed by atoms with Crippen LogP contribution in [0.4, 0.5) is 4.39 Å². The van der Waals surface area contributed by atoms with E-state index in [9.17, 15) is 9.18 Å². The molecule has 0 atom stereocenters. The van der Waals surface area contributed by atoms with Gasteiger partial charge in [-0.05, 0) is 37.8 Å². The van der Waals surface area contributed by atoms with Crippen LogP contribution >= 0.6 is 11.6 Å². The summed E-state index contributed by atoms with van der Waals surface area (Å²) >= 11 is 5.87. The Morgan fingerprint density at radius 3 is 2.79 bits per heavy atom. The number of aromatic nitrogens is 3. The first-order valence-corrected chi connectivity index (χ1v) is 8.37. The van der Waals surface area contributed by atoms with Crippen LogP contribution in [-0.2, 0) is 4.79 Å². The van der Waals surface area contributed by atoms with E-state index in [-0.39, 0.29) is 11.8 Å². The first kappa shape index (κ1) is 15.5. The smallest absolute Gasteiger partial charge is 0.260 e. The number of amides is 1. The highest BCUT2D eigenvalue weighted by molar-refractivity contribution is 6.29. The summed E-state index contributed by atoms with van der Waals surface area (Å²) in [5.74, 6) is 0.764. The molecule has 0 N–H and O–H groups in total. The van der Waals surface area contributed by atoms with Crippen LogP contribution in [-0.4, -0.2) is 44.7 Å². The summed E-state index contributed by atoms with van der Waals surface area (Å²) in [5, 5.41) is 4.41. The molecule has 0 unspecified atom stereocenters. The summed E-state index contributed by atoms with van der Waals surface area (Å²) in [6.45, 7) is 1.06. The Hall–Kier alpha value is -2.02. The number of likely N-dealkylation sites (tertiary alicyclic amines) is 1. The standard InChI is InChI=1S/C16H16ClFN4O2/c17-12-9-11(1-6-19-12)14-20-13(21-24-14)10-2-7-22(8-3-10)15(23)16(18)4-5-16/h1,6,9-10H,2-5,7-8H2. The van der Waals surface area contributed by atoms with Crippen LogP contribution in [0.25, 0.3) is 11.5 Å². The highest BCUT2D eigenvalue weighted by Crippen LogP contribution is 2.42. The van der Waals surface area contributed by atoms with Crippen LogP contribution in [0.1, 0.15) is 37.4 Å². The largest absolute Gasteiger partial charge is 0.340 e. The molecule has 6 nitrogen and oxygen atoms in total. The Morgan fingerprint density at radius 1 is 1.38 bits per heavy atom. The third kappa shape index (κ3) is 2.88. The summed E-state index contributed by atoms with van der Waals surface area (Å²) in [5.41, 5.74) is -0.873. The van der Waals surface area contributed by atoms with Gasteiger partial charge in [0.25, 0.3) is 11.8 Å². The lowest BCUT2D eigenvalue weighted by atomic mass is 9.96. The minimum atomic E-state index is -1.59. The highest BCUT2D eigenvalue weighted by atomic mass is 35.5. The van der Waals surface area contributed by atoms with Crippen molar-refractivity contribution in [3.05, 3.63) is 29.3 Å². The maximum Gasteiger partial charge on any atom is 0.260 e. The molecule has 2 aromatic heterocycles. The van der Waals surface area contributed by atoms with Crippen LogP contribution in [0.5, 0.6) is 0 Å². The summed E-state index contributed by atoms with van der Waals surface area (Å²) in [4.78, 5) is 22.0. The number of alkyl halides is 1. The number of carbonyl (C=O) groups excluding carboxylic acids is 1. The van der Waals surface area contributed by atoms with E-state index in [0.29, 0.717) is 55.6 Å². The molecular weight excluding hydrogens is 335 g/mol. The van der Waals surface area contributed by atoms with Crippen LogP contribution in [0.2, 0.25) is 5.15 Å². The van der Waals surface area contributed by atoms with Crippen molar-refractivity contribution in [1.29, 1.82) is 0 Å². The monoisotopic (exact) mass is 350 g/mol. The van der Waals surface area contributed by atoms with E-state index >= 15 is 0 Å². The van der Waals surface area contributed by atoms with Crippen molar-refractivity contribution < 1.29 is 13.7 Å². The van der Waals surface area contributed by atoms with Crippen molar-refractivity contribution in [1.82, 2.24) is 20.0 Å². The average Bonchev–Trinajstić information content (AvgIpc) is 3.16. The Kier molecular flexibility index (Phi) is 3.75. The third-order valence-electron chi connectivity index (χ3n) is 4.63. The van der Waals surface area contributed by atoms with E-state index in [2.05, 4.69) is 15.1 Å². The SMILES string of the molecule is O=C(N1CCC(c2noc(-c3ccnc(Cl)c3)n2)CC1)C1(F)CC1. The predicted molar refractivity (Wildman–Crippen MR) is 84.2 cm³/mol. The van der Waals surface area contributed by atoms with Gasteiger partial charge in [0.1, 0.15) is 5.15 Å². The normalized spacial score (nSPS) is 20.2. The zero-order valence-electron chi connectivity index (χ0n) is 12.9. The highest BCUT2D eigenvalue weighted by Gasteiger charge is 2.53. The first-order chi connectivity index (χ1) is 11.5. The van der Waals surface area contributed by atoms with Gasteiger partial charge in [0.2, 0.25) is 0 Å². The van der Waals surface area contributed by atoms with E-state index in [1.54, 1.807) is 23.2 Å². The second-order valence-corrected chi connectivity index (χ2v) is 6.74. The second-order valence-electron chi connectivity index (χ2n) is 6.36. The second kappa shape index (κ2) is 5.81. The Bertz CT molecular complexity index is 769. The van der Waals surface area contributed by atoms with Gasteiger partial charge in [-0.2, -0.15) is 4.98 Å². The van der Waals surface area contributed by atoms with Crippen molar-refractivity contribution in [2.45, 2.75) is 37.3 Å². The minimum absolute atomic E-state index is 0.110. The Labute approximate surface area is 143 Å². The molecule has 1 saturated heterocycles. The van der Waals surface area contributed by atoms with E-state index in [0.717, 1.165) is 5.56 Å². The number of nitrogens with zero attached hydrogens (tertiary/aromatic N) is 4. The van der Waals surface area contributed by atoms with E-state index < -0.39 is 5.67 Å². The van der Waals surface area contributed by atoms with Gasteiger partial charge < -0.3 is 9.42 Å². The molecule has 2 aliphatic rings. The first-order valence-electron chi connectivity index (χ1n) is 7.99. The molecule has 0 spiro atoms. The van der Waals surface area contributed by atoms with Crippen LogP contribution < -0.4 is 0 Å². The molecule has 4 rings (SSSR count). The van der Waals surface area contributed by atoms with Crippen molar-refractivity contribution in [3.63, 3.8) is 0 Å². The molecule has 0 aromatic carbocycles. The van der Waals surface area contributed by atoms with Gasteiger partial charge in [-0.1, -0.05) is 16.8 Å². The summed E-state index contributed by atoms with van der Waals surface area (Å²) < 4.78 is 19.2. The lowest BCUT2D eigenvalue weighted by molar-refractivity contribution is -0.139. The van der Waals surface area contributed by atoms with Crippen LogP contribution in [0.15, 0.2) is 22.9 Å². The van der Waals surface area contributed by atoms with Gasteiger partial charge >= 0.3 is 0 Å². The quantitative estimate of drug-likeness (QED) is 0.796. The molecule has 0 bridgehead atoms. The number of carbonyl (C=O) groups is 1. The zero-order chi connectivity index (χ0) is 16.7. The number of hydrogen-bond acceptors (Lipinski definition) is 5. The molecule has 126 valence electrons. The Balaban J connectivity index is 1.42. The van der Waals surface area contributed by atoms with Gasteiger partial charge in [-0.25, -0.2) is 9.37 Å². The van der Waals surface area contributed by atoms with Crippen molar-refractivity contribution in [2.24, 2.45) is 0 Å². The zero-order valence-corrected chi connectivity index (χ0v) is 13.7. The molecular formula is C16H16ClFN4O2. The number of hydrogen-bond donors (Lipinski definition) is 0. The fourth-order valence-corrected chi connectivity index (χ4v) is 3.18. The molecule has 1 amide bonds. The van der Waals surface area contributed by atoms with Gasteiger partial charge in [0.15, 0.2) is 11.5 Å². The van der Waals surface area contributed by atoms with Crippen molar-refractivity contribution >= 4 is 17.5 Å². The molecule has 8 heteroatoms. The maximum absolute atomic E-state index is 13.9. The molecule has 3 heterocycles. The van der Waals surface area contributed by atoms with Crippen LogP contribution in [0, 0.1) is 0 Å². The van der Waals surface area contributed by atoms with E-state index in [1.807, 2.05) is 0 Å². The number of halogens is 2. The molecule has 0 radical (unpaired) electrons. The van der Waals surface area contributed by atoms with Gasteiger partial charge in [0, 0.05) is 30.8 Å². The minimum Gasteiger partial charge on any atom is -0.340 e. The molecule has 1 aliphatic carbocycles. The lowest BCUT2D eigenvalue weighted by Crippen LogP contribution is -2.43. The molecule has 1 saturated carbocycles. The number of pyridine rings is 1. The fourth-order valence-electron chi connectivity index (χ4n) is 3.00. The average molecular weight is 351 g/mol. The topological polar surface area (TPSA) is 72.1 Å². The van der Waals surface area contributed by atoms with E-state index in [4.69, 9.17) is 16.1 Å². The third-order valence-corrected chi connectivity index (χ3v) is 4.84. The van der Waals surface area contributed by atoms with Crippen molar-refractivity contribution in [2.75, 3.05) is 13.1 Å². The summed E-state index contributed by atoms with van der Waals surface area (Å²) in [7, 11) is 0. The number of piperidine rings is 1. The summed E-state index contributed by atoms with van der Waals surface area (Å²) in [6.07, 6.45) is 3.70. The van der Waals surface area contributed by atoms with Gasteiger partial charge in [0.05, 0.1) is 0 Å². The Morgan fingerprint density at radius 2 is 2.12 bits per heavy atom. The summed E-state index contributed by atoms with van der Waals surface area (Å²) in [6, 6.07) is 3.41. The van der Waals surface area contributed by atoms with Crippen molar-refractivity contribution in [3.8, 4) is 11.5 Å². The molecule has 1 aliphatic heterocycles. The number of rotatable bonds is 3. The predicted octanol–water partition coefficient (Wildman–Crippen LogP) is 2.99. The van der Waals surface area contributed by atoms with Gasteiger partial charge in [-0.15, -0.1) is 0 Å². The molecule has 2 fully saturated rings. The molecule has 2 aromatic rings. The maximum atomic E-state index is 13.9. The fraction of sp³-hybridized carbons (Fsp3) is 0.500. The van der Waals surface area contributed by atoms with E-state index in [1.165, 1.54) is 0 Å².